The van der Waals surface area contributed by atoms with Gasteiger partial charge in [-0.2, -0.15) is 0 Å². The fourth-order valence-corrected chi connectivity index (χ4v) is 5.58. The topological polar surface area (TPSA) is 107 Å². The van der Waals surface area contributed by atoms with Gasteiger partial charge in [-0.15, -0.1) is 0 Å². The van der Waals surface area contributed by atoms with Crippen LogP contribution in [0.2, 0.25) is 0 Å². The van der Waals surface area contributed by atoms with Crippen molar-refractivity contribution in [3.8, 4) is 5.75 Å². The molecule has 0 amide bonds. The standard InChI is InChI=1S/C29H24N2O6S/c1-3-36-28(35)25-17(2)30-29-31(26(25)22-10-6-8-19-7-4-5-9-21(19)22)27(34)23(38-29)15-18-11-13-20(14-12-18)37-16-24(32)33/h4-15,26H,3,16H2,1-2H3,(H,32,33)/b23-15-/t26-/m0/s1. The molecule has 0 radical (unpaired) electrons. The number of benzene rings is 3. The first-order valence-corrected chi connectivity index (χ1v) is 12.8. The van der Waals surface area contributed by atoms with Crippen LogP contribution < -0.4 is 19.6 Å². The molecule has 38 heavy (non-hydrogen) atoms. The Morgan fingerprint density at radius 1 is 1.08 bits per heavy atom. The van der Waals surface area contributed by atoms with E-state index >= 15 is 0 Å². The van der Waals surface area contributed by atoms with Gasteiger partial charge in [0.2, 0.25) is 0 Å². The molecular weight excluding hydrogens is 504 g/mol. The van der Waals surface area contributed by atoms with Gasteiger partial charge in [0, 0.05) is 0 Å². The minimum absolute atomic E-state index is 0.203. The number of fused-ring (bicyclic) bond motifs is 2. The van der Waals surface area contributed by atoms with E-state index in [4.69, 9.17) is 14.6 Å². The third-order valence-electron chi connectivity index (χ3n) is 6.18. The third kappa shape index (κ3) is 4.76. The average molecular weight is 529 g/mol. The van der Waals surface area contributed by atoms with Gasteiger partial charge in [-0.25, -0.2) is 14.6 Å². The summed E-state index contributed by atoms with van der Waals surface area (Å²) in [6.45, 7) is 3.27. The second-order valence-corrected chi connectivity index (χ2v) is 9.63. The molecular formula is C29H24N2O6S. The highest BCUT2D eigenvalue weighted by molar-refractivity contribution is 7.07. The summed E-state index contributed by atoms with van der Waals surface area (Å²) < 4.78 is 12.6. The van der Waals surface area contributed by atoms with Gasteiger partial charge < -0.3 is 14.6 Å². The number of carbonyl (C=O) groups excluding carboxylic acids is 1. The van der Waals surface area contributed by atoms with E-state index in [0.717, 1.165) is 21.9 Å². The molecule has 0 bridgehead atoms. The van der Waals surface area contributed by atoms with Gasteiger partial charge in [-0.1, -0.05) is 65.9 Å². The molecule has 1 aliphatic rings. The maximum absolute atomic E-state index is 13.8. The summed E-state index contributed by atoms with van der Waals surface area (Å²) in [5.74, 6) is -1.15. The van der Waals surface area contributed by atoms with Crippen LogP contribution in [-0.4, -0.2) is 34.8 Å². The van der Waals surface area contributed by atoms with Crippen molar-refractivity contribution in [1.82, 2.24) is 4.57 Å². The number of aromatic nitrogens is 1. The summed E-state index contributed by atoms with van der Waals surface area (Å²) in [4.78, 5) is 42.9. The lowest BCUT2D eigenvalue weighted by atomic mass is 9.91. The van der Waals surface area contributed by atoms with Crippen LogP contribution in [0.5, 0.6) is 5.75 Å². The lowest BCUT2D eigenvalue weighted by molar-refractivity contribution is -0.140. The molecule has 9 heteroatoms. The van der Waals surface area contributed by atoms with E-state index in [1.54, 1.807) is 48.8 Å². The van der Waals surface area contributed by atoms with Crippen LogP contribution in [0.3, 0.4) is 0 Å². The summed E-state index contributed by atoms with van der Waals surface area (Å²) in [5, 5.41) is 10.7. The average Bonchev–Trinajstić information content (AvgIpc) is 3.21. The number of allylic oxidation sites excluding steroid dienone is 1. The van der Waals surface area contributed by atoms with Crippen molar-refractivity contribution in [3.63, 3.8) is 0 Å². The Bertz CT molecular complexity index is 1760. The van der Waals surface area contributed by atoms with Crippen molar-refractivity contribution < 1.29 is 24.2 Å². The van der Waals surface area contributed by atoms with Crippen LogP contribution >= 0.6 is 11.3 Å². The number of ether oxygens (including phenoxy) is 2. The van der Waals surface area contributed by atoms with E-state index in [1.165, 1.54) is 11.3 Å². The molecule has 1 N–H and O–H groups in total. The Kier molecular flexibility index (Phi) is 6.93. The monoisotopic (exact) mass is 528 g/mol. The van der Waals surface area contributed by atoms with Gasteiger partial charge in [0.1, 0.15) is 5.75 Å². The van der Waals surface area contributed by atoms with E-state index in [-0.39, 0.29) is 12.2 Å². The maximum atomic E-state index is 13.8. The van der Waals surface area contributed by atoms with Crippen LogP contribution in [0.15, 0.2) is 87.8 Å². The van der Waals surface area contributed by atoms with Crippen LogP contribution in [-0.2, 0) is 14.3 Å². The van der Waals surface area contributed by atoms with Crippen molar-refractivity contribution in [1.29, 1.82) is 0 Å². The summed E-state index contributed by atoms with van der Waals surface area (Å²) in [6, 6.07) is 19.8. The van der Waals surface area contributed by atoms with E-state index in [0.29, 0.717) is 26.4 Å². The van der Waals surface area contributed by atoms with Crippen LogP contribution in [0.1, 0.15) is 31.0 Å². The summed E-state index contributed by atoms with van der Waals surface area (Å²) in [6.07, 6.45) is 1.74. The summed E-state index contributed by atoms with van der Waals surface area (Å²) >= 11 is 1.24. The largest absolute Gasteiger partial charge is 0.482 e. The molecule has 0 fully saturated rings. The molecule has 0 saturated heterocycles. The Balaban J connectivity index is 1.67. The number of hydrogen-bond donors (Lipinski definition) is 1. The molecule has 0 aliphatic carbocycles. The third-order valence-corrected chi connectivity index (χ3v) is 7.16. The predicted octanol–water partition coefficient (Wildman–Crippen LogP) is 3.41. The van der Waals surface area contributed by atoms with Crippen LogP contribution in [0, 0.1) is 0 Å². The number of rotatable bonds is 7. The van der Waals surface area contributed by atoms with Gasteiger partial charge in [0.05, 0.1) is 28.5 Å². The molecule has 1 aliphatic heterocycles. The first-order valence-electron chi connectivity index (χ1n) is 12.0. The zero-order valence-corrected chi connectivity index (χ0v) is 21.5. The minimum Gasteiger partial charge on any atom is -0.482 e. The van der Waals surface area contributed by atoms with Gasteiger partial charge in [-0.3, -0.25) is 9.36 Å². The number of esters is 1. The van der Waals surface area contributed by atoms with Gasteiger partial charge in [0.25, 0.3) is 5.56 Å². The number of nitrogens with zero attached hydrogens (tertiary/aromatic N) is 2. The highest BCUT2D eigenvalue weighted by atomic mass is 32.1. The zero-order chi connectivity index (χ0) is 26.8. The minimum atomic E-state index is -1.06. The lowest BCUT2D eigenvalue weighted by Gasteiger charge is -2.25. The Hall–Kier alpha value is -4.50. The van der Waals surface area contributed by atoms with Crippen molar-refractivity contribution in [2.45, 2.75) is 19.9 Å². The van der Waals surface area contributed by atoms with E-state index < -0.39 is 24.6 Å². The van der Waals surface area contributed by atoms with E-state index in [1.807, 2.05) is 42.5 Å². The molecule has 1 aromatic heterocycles. The van der Waals surface area contributed by atoms with E-state index in [2.05, 4.69) is 4.99 Å². The first kappa shape index (κ1) is 25.2. The molecule has 2 heterocycles. The highest BCUT2D eigenvalue weighted by Crippen LogP contribution is 2.34. The van der Waals surface area contributed by atoms with Gasteiger partial charge in [-0.05, 0) is 54.0 Å². The Morgan fingerprint density at radius 2 is 1.82 bits per heavy atom. The summed E-state index contributed by atoms with van der Waals surface area (Å²) in [7, 11) is 0. The first-order chi connectivity index (χ1) is 18.4. The van der Waals surface area contributed by atoms with Crippen molar-refractivity contribution in [3.05, 3.63) is 109 Å². The lowest BCUT2D eigenvalue weighted by Crippen LogP contribution is -2.40. The van der Waals surface area contributed by atoms with Gasteiger partial charge in [0.15, 0.2) is 11.4 Å². The quantitative estimate of drug-likeness (QED) is 0.369. The number of carbonyl (C=O) groups is 2. The number of thiazole rings is 1. The second-order valence-electron chi connectivity index (χ2n) is 8.62. The molecule has 0 spiro atoms. The maximum Gasteiger partial charge on any atom is 0.341 e. The smallest absolute Gasteiger partial charge is 0.341 e. The number of aliphatic carboxylic acids is 1. The number of hydrogen-bond acceptors (Lipinski definition) is 7. The Morgan fingerprint density at radius 3 is 2.55 bits per heavy atom. The molecule has 1 atom stereocenters. The highest BCUT2D eigenvalue weighted by Gasteiger charge is 2.34. The van der Waals surface area contributed by atoms with Crippen molar-refractivity contribution in [2.75, 3.05) is 13.2 Å². The van der Waals surface area contributed by atoms with E-state index in [9.17, 15) is 14.4 Å². The zero-order valence-electron chi connectivity index (χ0n) is 20.7. The molecule has 0 saturated carbocycles. The van der Waals surface area contributed by atoms with Crippen molar-refractivity contribution in [2.24, 2.45) is 4.99 Å². The van der Waals surface area contributed by atoms with Crippen molar-refractivity contribution >= 4 is 40.1 Å². The molecule has 8 nitrogen and oxygen atoms in total. The molecule has 0 unspecified atom stereocenters. The molecule has 192 valence electrons. The molecule has 3 aromatic carbocycles. The van der Waals surface area contributed by atoms with Crippen LogP contribution in [0.25, 0.3) is 16.8 Å². The Labute approximate surface area is 221 Å². The second kappa shape index (κ2) is 10.5. The normalized spacial score (nSPS) is 15.2. The molecule has 4 aromatic rings. The van der Waals surface area contributed by atoms with Crippen LogP contribution in [0.4, 0.5) is 0 Å². The number of carboxylic acid groups (broad SMARTS) is 1. The fourth-order valence-electron chi connectivity index (χ4n) is 4.53. The SMILES string of the molecule is CCOC(=O)C1=C(C)N=c2s/c(=C\c3ccc(OCC(=O)O)cc3)c(=O)n2[C@H]1c1cccc2ccccc12. The summed E-state index contributed by atoms with van der Waals surface area (Å²) in [5.41, 5.74) is 2.12. The predicted molar refractivity (Wildman–Crippen MR) is 144 cm³/mol. The fraction of sp³-hybridized carbons (Fsp3) is 0.172. The van der Waals surface area contributed by atoms with Gasteiger partial charge >= 0.3 is 11.9 Å². The number of carboxylic acids is 1. The molecule has 5 rings (SSSR count).